The predicted molar refractivity (Wildman–Crippen MR) is 115 cm³/mol. The van der Waals surface area contributed by atoms with E-state index in [-0.39, 0.29) is 10.8 Å². The molecular weight excluding hydrogens is 382 g/mol. The maximum Gasteiger partial charge on any atom is 0.266 e. The molecular formula is C23H17N3O2S. The van der Waals surface area contributed by atoms with Gasteiger partial charge >= 0.3 is 0 Å². The lowest BCUT2D eigenvalue weighted by Gasteiger charge is -2.14. The molecule has 0 aliphatic heterocycles. The lowest BCUT2D eigenvalue weighted by atomic mass is 10.2. The molecule has 0 bridgehead atoms. The van der Waals surface area contributed by atoms with Crippen LogP contribution in [0.15, 0.2) is 88.8 Å². The third-order valence-corrected chi connectivity index (χ3v) is 5.23. The standard InChI is InChI=1S/C23H17N3O2S/c1-16(15-24)29-23-25-21-10-6-5-9-20(21)22(27)26(23)17-11-13-19(14-12-17)28-18-7-3-2-4-8-18/h2-14,16H,1H3/t16-/m1/s1. The van der Waals surface area contributed by atoms with E-state index < -0.39 is 0 Å². The molecule has 6 heteroatoms. The van der Waals surface area contributed by atoms with Crippen LogP contribution in [0.25, 0.3) is 16.6 Å². The van der Waals surface area contributed by atoms with Crippen molar-refractivity contribution in [2.45, 2.75) is 17.3 Å². The zero-order valence-corrected chi connectivity index (χ0v) is 16.5. The average molecular weight is 399 g/mol. The molecule has 1 aromatic heterocycles. The highest BCUT2D eigenvalue weighted by molar-refractivity contribution is 8.00. The number of fused-ring (bicyclic) bond motifs is 1. The van der Waals surface area contributed by atoms with Crippen molar-refractivity contribution < 1.29 is 4.74 Å². The molecule has 3 aromatic carbocycles. The van der Waals surface area contributed by atoms with Gasteiger partial charge in [-0.25, -0.2) is 4.98 Å². The maximum absolute atomic E-state index is 13.2. The Bertz CT molecular complexity index is 1250. The van der Waals surface area contributed by atoms with Gasteiger partial charge in [0.05, 0.1) is 27.9 Å². The number of benzene rings is 3. The lowest BCUT2D eigenvalue weighted by Crippen LogP contribution is -2.22. The fourth-order valence-electron chi connectivity index (χ4n) is 2.89. The van der Waals surface area contributed by atoms with E-state index in [2.05, 4.69) is 11.1 Å². The van der Waals surface area contributed by atoms with Gasteiger partial charge in [-0.3, -0.25) is 9.36 Å². The van der Waals surface area contributed by atoms with Crippen molar-refractivity contribution >= 4 is 22.7 Å². The van der Waals surface area contributed by atoms with Crippen LogP contribution in [0.2, 0.25) is 0 Å². The number of para-hydroxylation sites is 2. The van der Waals surface area contributed by atoms with Gasteiger partial charge in [0.15, 0.2) is 5.16 Å². The highest BCUT2D eigenvalue weighted by atomic mass is 32.2. The smallest absolute Gasteiger partial charge is 0.266 e. The fourth-order valence-corrected chi connectivity index (χ4v) is 3.71. The van der Waals surface area contributed by atoms with Gasteiger partial charge < -0.3 is 4.74 Å². The van der Waals surface area contributed by atoms with Gasteiger partial charge in [-0.1, -0.05) is 42.1 Å². The molecule has 0 aliphatic carbocycles. The lowest BCUT2D eigenvalue weighted by molar-refractivity contribution is 0.482. The van der Waals surface area contributed by atoms with Crippen molar-refractivity contribution in [3.05, 3.63) is 89.2 Å². The van der Waals surface area contributed by atoms with Crippen LogP contribution in [0.5, 0.6) is 11.5 Å². The monoisotopic (exact) mass is 399 g/mol. The molecule has 0 amide bonds. The van der Waals surface area contributed by atoms with E-state index >= 15 is 0 Å². The highest BCUT2D eigenvalue weighted by Crippen LogP contribution is 2.27. The molecule has 142 valence electrons. The van der Waals surface area contributed by atoms with Crippen LogP contribution < -0.4 is 10.3 Å². The molecule has 29 heavy (non-hydrogen) atoms. The topological polar surface area (TPSA) is 67.9 Å². The molecule has 0 N–H and O–H groups in total. The minimum Gasteiger partial charge on any atom is -0.457 e. The van der Waals surface area contributed by atoms with Crippen LogP contribution >= 0.6 is 11.8 Å². The number of rotatable bonds is 5. The maximum atomic E-state index is 13.2. The number of hydrogen-bond acceptors (Lipinski definition) is 5. The van der Waals surface area contributed by atoms with E-state index in [4.69, 9.17) is 4.74 Å². The van der Waals surface area contributed by atoms with E-state index in [0.29, 0.717) is 27.5 Å². The SMILES string of the molecule is C[C@H](C#N)Sc1nc2ccccc2c(=O)n1-c1ccc(Oc2ccccc2)cc1. The summed E-state index contributed by atoms with van der Waals surface area (Å²) < 4.78 is 7.38. The summed E-state index contributed by atoms with van der Waals surface area (Å²) in [6.07, 6.45) is 0. The third-order valence-electron chi connectivity index (χ3n) is 4.28. The number of thioether (sulfide) groups is 1. The summed E-state index contributed by atoms with van der Waals surface area (Å²) >= 11 is 1.26. The molecule has 1 heterocycles. The van der Waals surface area contributed by atoms with Crippen molar-refractivity contribution in [3.8, 4) is 23.3 Å². The van der Waals surface area contributed by atoms with Crippen LogP contribution in [-0.4, -0.2) is 14.8 Å². The van der Waals surface area contributed by atoms with Gasteiger partial charge in [-0.05, 0) is 55.5 Å². The Morgan fingerprint density at radius 2 is 1.62 bits per heavy atom. The Hall–Kier alpha value is -3.56. The summed E-state index contributed by atoms with van der Waals surface area (Å²) in [5, 5.41) is 9.90. The first kappa shape index (κ1) is 18.8. The van der Waals surface area contributed by atoms with E-state index in [0.717, 1.165) is 5.75 Å². The zero-order chi connectivity index (χ0) is 20.2. The first-order valence-corrected chi connectivity index (χ1v) is 9.95. The number of nitrogens with zero attached hydrogens (tertiary/aromatic N) is 3. The van der Waals surface area contributed by atoms with Crippen LogP contribution in [0.4, 0.5) is 0 Å². The molecule has 0 spiro atoms. The van der Waals surface area contributed by atoms with E-state index in [9.17, 15) is 10.1 Å². The molecule has 4 aromatic rings. The largest absolute Gasteiger partial charge is 0.457 e. The van der Waals surface area contributed by atoms with Crippen molar-refractivity contribution in [2.24, 2.45) is 0 Å². The number of ether oxygens (including phenoxy) is 1. The first-order chi connectivity index (χ1) is 14.2. The summed E-state index contributed by atoms with van der Waals surface area (Å²) in [4.78, 5) is 17.8. The van der Waals surface area contributed by atoms with Crippen LogP contribution in [0.3, 0.4) is 0 Å². The second kappa shape index (κ2) is 8.21. The summed E-state index contributed by atoms with van der Waals surface area (Å²) in [7, 11) is 0. The van der Waals surface area contributed by atoms with Crippen LogP contribution in [0.1, 0.15) is 6.92 Å². The molecule has 5 nitrogen and oxygen atoms in total. The molecule has 0 aliphatic rings. The van der Waals surface area contributed by atoms with Gasteiger partial charge in [-0.2, -0.15) is 5.26 Å². The van der Waals surface area contributed by atoms with E-state index in [1.54, 1.807) is 23.6 Å². The molecule has 4 rings (SSSR count). The Morgan fingerprint density at radius 1 is 0.966 bits per heavy atom. The predicted octanol–water partition coefficient (Wildman–Crippen LogP) is 5.18. The van der Waals surface area contributed by atoms with Gasteiger partial charge in [0.2, 0.25) is 0 Å². The normalized spacial score (nSPS) is 11.7. The quantitative estimate of drug-likeness (QED) is 0.342. The van der Waals surface area contributed by atoms with Crippen molar-refractivity contribution in [1.29, 1.82) is 5.26 Å². The van der Waals surface area contributed by atoms with Crippen LogP contribution in [0, 0.1) is 11.3 Å². The Balaban J connectivity index is 1.77. The molecule has 0 radical (unpaired) electrons. The molecule has 0 saturated carbocycles. The second-order valence-corrected chi connectivity index (χ2v) is 7.66. The Morgan fingerprint density at radius 3 is 2.34 bits per heavy atom. The zero-order valence-electron chi connectivity index (χ0n) is 15.6. The molecule has 0 saturated heterocycles. The average Bonchev–Trinajstić information content (AvgIpc) is 2.75. The minimum atomic E-state index is -0.338. The summed E-state index contributed by atoms with van der Waals surface area (Å²) in [6.45, 7) is 1.78. The fraction of sp³-hybridized carbons (Fsp3) is 0.0870. The van der Waals surface area contributed by atoms with E-state index in [1.807, 2.05) is 66.7 Å². The van der Waals surface area contributed by atoms with Gasteiger partial charge in [0, 0.05) is 0 Å². The molecule has 0 fully saturated rings. The summed E-state index contributed by atoms with van der Waals surface area (Å²) in [5.74, 6) is 1.41. The van der Waals surface area contributed by atoms with Gasteiger partial charge in [-0.15, -0.1) is 0 Å². The van der Waals surface area contributed by atoms with Crippen molar-refractivity contribution in [3.63, 3.8) is 0 Å². The number of aromatic nitrogens is 2. The Labute approximate surface area is 172 Å². The van der Waals surface area contributed by atoms with Crippen LogP contribution in [-0.2, 0) is 0 Å². The van der Waals surface area contributed by atoms with Crippen molar-refractivity contribution in [1.82, 2.24) is 9.55 Å². The summed E-state index contributed by atoms with van der Waals surface area (Å²) in [6, 6.07) is 26.2. The number of nitriles is 1. The molecule has 1 atom stereocenters. The minimum absolute atomic E-state index is 0.167. The highest BCUT2D eigenvalue weighted by Gasteiger charge is 2.16. The first-order valence-electron chi connectivity index (χ1n) is 9.07. The van der Waals surface area contributed by atoms with Crippen molar-refractivity contribution in [2.75, 3.05) is 0 Å². The van der Waals surface area contributed by atoms with Gasteiger partial charge in [0.25, 0.3) is 5.56 Å². The third kappa shape index (κ3) is 4.00. The second-order valence-electron chi connectivity index (χ2n) is 6.35. The van der Waals surface area contributed by atoms with E-state index in [1.165, 1.54) is 11.8 Å². The Kier molecular flexibility index (Phi) is 5.32. The molecule has 0 unspecified atom stereocenters. The van der Waals surface area contributed by atoms with Gasteiger partial charge in [0.1, 0.15) is 11.5 Å². The number of hydrogen-bond donors (Lipinski definition) is 0. The summed E-state index contributed by atoms with van der Waals surface area (Å²) in [5.41, 5.74) is 1.12.